The third-order valence-electron chi connectivity index (χ3n) is 3.48. The third-order valence-corrected chi connectivity index (χ3v) is 5.72. The van der Waals surface area contributed by atoms with Gasteiger partial charge in [0.1, 0.15) is 0 Å². The van der Waals surface area contributed by atoms with E-state index in [1.54, 1.807) is 0 Å². The molecule has 0 radical (unpaired) electrons. The van der Waals surface area contributed by atoms with Gasteiger partial charge in [0.25, 0.3) is 0 Å². The van der Waals surface area contributed by atoms with Crippen LogP contribution in [-0.4, -0.2) is 17.4 Å². The second-order valence-corrected chi connectivity index (χ2v) is 7.96. The first-order valence-electron chi connectivity index (χ1n) is 7.64. The standard InChI is InChI=1S/C18H20Cl2N2S2/c1-12(11-24-15-8-6-14(19)7-9-15)10-21-18(23)22-17-5-3-4-16(20)13(17)2/h3-9,12H,10-11H2,1-2H3,(H2,21,22,23)/t12-/m0/s1. The van der Waals surface area contributed by atoms with E-state index in [4.69, 9.17) is 35.4 Å². The predicted molar refractivity (Wildman–Crippen MR) is 112 cm³/mol. The molecule has 0 fully saturated rings. The van der Waals surface area contributed by atoms with Crippen molar-refractivity contribution in [3.05, 3.63) is 58.1 Å². The number of hydrogen-bond donors (Lipinski definition) is 2. The van der Waals surface area contributed by atoms with Gasteiger partial charge in [-0.3, -0.25) is 0 Å². The lowest BCUT2D eigenvalue weighted by atomic mass is 10.2. The van der Waals surface area contributed by atoms with Crippen molar-refractivity contribution in [2.24, 2.45) is 5.92 Å². The van der Waals surface area contributed by atoms with Crippen LogP contribution in [0.5, 0.6) is 0 Å². The number of halogens is 2. The Hall–Kier alpha value is -0.940. The van der Waals surface area contributed by atoms with Crippen molar-refractivity contribution in [2.45, 2.75) is 18.7 Å². The Morgan fingerprint density at radius 1 is 1.17 bits per heavy atom. The van der Waals surface area contributed by atoms with Gasteiger partial charge in [-0.05, 0) is 67.0 Å². The number of nitrogens with one attached hydrogen (secondary N) is 2. The summed E-state index contributed by atoms with van der Waals surface area (Å²) in [5.74, 6) is 1.49. The molecule has 0 aromatic heterocycles. The average molecular weight is 399 g/mol. The highest BCUT2D eigenvalue weighted by atomic mass is 35.5. The maximum Gasteiger partial charge on any atom is 0.170 e. The smallest absolute Gasteiger partial charge is 0.170 e. The van der Waals surface area contributed by atoms with Crippen LogP contribution in [0.2, 0.25) is 10.0 Å². The van der Waals surface area contributed by atoms with E-state index in [1.807, 2.05) is 61.2 Å². The van der Waals surface area contributed by atoms with E-state index < -0.39 is 0 Å². The van der Waals surface area contributed by atoms with Crippen LogP contribution in [0, 0.1) is 12.8 Å². The molecule has 0 aliphatic heterocycles. The van der Waals surface area contributed by atoms with Gasteiger partial charge in [-0.25, -0.2) is 0 Å². The molecule has 0 amide bonds. The number of benzene rings is 2. The zero-order valence-electron chi connectivity index (χ0n) is 13.6. The molecular formula is C18H20Cl2N2S2. The molecule has 0 saturated carbocycles. The summed E-state index contributed by atoms with van der Waals surface area (Å²) >= 11 is 19.2. The second-order valence-electron chi connectivity index (χ2n) is 5.62. The monoisotopic (exact) mass is 398 g/mol. The van der Waals surface area contributed by atoms with E-state index in [9.17, 15) is 0 Å². The minimum Gasteiger partial charge on any atom is -0.362 e. The highest BCUT2D eigenvalue weighted by Crippen LogP contribution is 2.23. The van der Waals surface area contributed by atoms with Crippen molar-refractivity contribution in [3.63, 3.8) is 0 Å². The zero-order valence-corrected chi connectivity index (χ0v) is 16.8. The van der Waals surface area contributed by atoms with Crippen molar-refractivity contribution in [3.8, 4) is 0 Å². The minimum absolute atomic E-state index is 0.478. The lowest BCUT2D eigenvalue weighted by Gasteiger charge is -2.16. The summed E-state index contributed by atoms with van der Waals surface area (Å²) in [6.45, 7) is 4.98. The van der Waals surface area contributed by atoms with Crippen LogP contribution in [-0.2, 0) is 0 Å². The predicted octanol–water partition coefficient (Wildman–Crippen LogP) is 6.02. The van der Waals surface area contributed by atoms with Gasteiger partial charge in [-0.15, -0.1) is 11.8 Å². The maximum atomic E-state index is 6.12. The molecule has 6 heteroatoms. The molecular weight excluding hydrogens is 379 g/mol. The Morgan fingerprint density at radius 2 is 1.88 bits per heavy atom. The van der Waals surface area contributed by atoms with Gasteiger partial charge in [-0.2, -0.15) is 0 Å². The summed E-state index contributed by atoms with van der Waals surface area (Å²) in [5.41, 5.74) is 1.93. The first-order chi connectivity index (χ1) is 11.5. The first kappa shape index (κ1) is 19.4. The number of thiocarbonyl (C=S) groups is 1. The molecule has 2 N–H and O–H groups in total. The van der Waals surface area contributed by atoms with Gasteiger partial charge in [-0.1, -0.05) is 36.2 Å². The molecule has 0 aliphatic carbocycles. The highest BCUT2D eigenvalue weighted by molar-refractivity contribution is 7.99. The topological polar surface area (TPSA) is 24.1 Å². The largest absolute Gasteiger partial charge is 0.362 e. The molecule has 2 nitrogen and oxygen atoms in total. The Kier molecular flexibility index (Phi) is 7.69. The van der Waals surface area contributed by atoms with Crippen LogP contribution in [0.3, 0.4) is 0 Å². The van der Waals surface area contributed by atoms with Crippen LogP contribution >= 0.6 is 47.2 Å². The fourth-order valence-electron chi connectivity index (χ4n) is 2.00. The molecule has 0 saturated heterocycles. The van der Waals surface area contributed by atoms with E-state index in [2.05, 4.69) is 17.6 Å². The quantitative estimate of drug-likeness (QED) is 0.458. The Labute approximate surface area is 163 Å². The molecule has 2 rings (SSSR count). The van der Waals surface area contributed by atoms with Crippen LogP contribution in [0.4, 0.5) is 5.69 Å². The molecule has 128 valence electrons. The summed E-state index contributed by atoms with van der Waals surface area (Å²) in [7, 11) is 0. The number of anilines is 1. The molecule has 2 aromatic carbocycles. The van der Waals surface area contributed by atoms with Gasteiger partial charge in [0, 0.05) is 32.9 Å². The van der Waals surface area contributed by atoms with E-state index >= 15 is 0 Å². The fraction of sp³-hybridized carbons (Fsp3) is 0.278. The fourth-order valence-corrected chi connectivity index (χ4v) is 3.42. The molecule has 0 unspecified atom stereocenters. The molecule has 24 heavy (non-hydrogen) atoms. The van der Waals surface area contributed by atoms with Crippen molar-refractivity contribution in [1.29, 1.82) is 0 Å². The van der Waals surface area contributed by atoms with E-state index in [0.717, 1.165) is 33.6 Å². The van der Waals surface area contributed by atoms with Gasteiger partial charge in [0.2, 0.25) is 0 Å². The Morgan fingerprint density at radius 3 is 2.58 bits per heavy atom. The van der Waals surface area contributed by atoms with Crippen molar-refractivity contribution < 1.29 is 0 Å². The lowest BCUT2D eigenvalue weighted by molar-refractivity contribution is 0.637. The molecule has 1 atom stereocenters. The molecule has 0 heterocycles. The average Bonchev–Trinajstić information content (AvgIpc) is 2.56. The lowest BCUT2D eigenvalue weighted by Crippen LogP contribution is -2.32. The van der Waals surface area contributed by atoms with Gasteiger partial charge < -0.3 is 10.6 Å². The van der Waals surface area contributed by atoms with Crippen molar-refractivity contribution in [2.75, 3.05) is 17.6 Å². The third kappa shape index (κ3) is 6.17. The maximum absolute atomic E-state index is 6.12. The molecule has 0 bridgehead atoms. The normalized spacial score (nSPS) is 11.8. The Balaban J connectivity index is 1.74. The van der Waals surface area contributed by atoms with Crippen molar-refractivity contribution >= 4 is 58.0 Å². The van der Waals surface area contributed by atoms with Gasteiger partial charge in [0.15, 0.2) is 5.11 Å². The zero-order chi connectivity index (χ0) is 17.5. The molecule has 2 aromatic rings. The van der Waals surface area contributed by atoms with E-state index in [0.29, 0.717) is 11.0 Å². The molecule has 0 aliphatic rings. The van der Waals surface area contributed by atoms with Crippen LogP contribution in [0.25, 0.3) is 0 Å². The molecule has 0 spiro atoms. The van der Waals surface area contributed by atoms with Crippen LogP contribution < -0.4 is 10.6 Å². The van der Waals surface area contributed by atoms with Crippen LogP contribution in [0.15, 0.2) is 47.4 Å². The minimum atomic E-state index is 0.478. The summed E-state index contributed by atoms with van der Waals surface area (Å²) in [6.07, 6.45) is 0. The summed E-state index contributed by atoms with van der Waals surface area (Å²) in [4.78, 5) is 1.22. The van der Waals surface area contributed by atoms with Gasteiger partial charge >= 0.3 is 0 Å². The van der Waals surface area contributed by atoms with Crippen molar-refractivity contribution in [1.82, 2.24) is 5.32 Å². The summed E-state index contributed by atoms with van der Waals surface area (Å²) in [6, 6.07) is 13.7. The second kappa shape index (κ2) is 9.52. The number of thioether (sulfide) groups is 1. The van der Waals surface area contributed by atoms with Gasteiger partial charge in [0.05, 0.1) is 0 Å². The highest BCUT2D eigenvalue weighted by Gasteiger charge is 2.07. The summed E-state index contributed by atoms with van der Waals surface area (Å²) in [5, 5.41) is 8.58. The SMILES string of the molecule is Cc1c(Cl)cccc1NC(=S)NC[C@H](C)CSc1ccc(Cl)cc1. The van der Waals surface area contributed by atoms with E-state index in [1.165, 1.54) is 4.90 Å². The first-order valence-corrected chi connectivity index (χ1v) is 9.79. The van der Waals surface area contributed by atoms with E-state index in [-0.39, 0.29) is 0 Å². The Bertz CT molecular complexity index is 690. The number of rotatable bonds is 6. The number of hydrogen-bond acceptors (Lipinski definition) is 2. The summed E-state index contributed by atoms with van der Waals surface area (Å²) < 4.78 is 0. The van der Waals surface area contributed by atoms with Crippen LogP contribution in [0.1, 0.15) is 12.5 Å².